The molecule has 0 spiro atoms. The van der Waals surface area contributed by atoms with Gasteiger partial charge in [0.1, 0.15) is 0 Å². The number of hydrogen-bond acceptors (Lipinski definition) is 0. The Morgan fingerprint density at radius 3 is 2.15 bits per heavy atom. The molecule has 0 heteroatoms. The second kappa shape index (κ2) is 5.06. The SMILES string of the molecule is CCCC(c1ccccc1)C(C)C. The lowest BCUT2D eigenvalue weighted by Gasteiger charge is -2.20. The van der Waals surface area contributed by atoms with E-state index >= 15 is 0 Å². The lowest BCUT2D eigenvalue weighted by molar-refractivity contribution is 0.463. The van der Waals surface area contributed by atoms with Crippen LogP contribution in [0.3, 0.4) is 0 Å². The Hall–Kier alpha value is -0.780. The van der Waals surface area contributed by atoms with Gasteiger partial charge in [0, 0.05) is 0 Å². The highest BCUT2D eigenvalue weighted by Crippen LogP contribution is 2.28. The number of rotatable bonds is 4. The summed E-state index contributed by atoms with van der Waals surface area (Å²) in [6.45, 7) is 6.89. The smallest absolute Gasteiger partial charge is 0.0139 e. The van der Waals surface area contributed by atoms with Gasteiger partial charge in [0.25, 0.3) is 0 Å². The predicted octanol–water partition coefficient (Wildman–Crippen LogP) is 4.23. The van der Waals surface area contributed by atoms with E-state index in [0.29, 0.717) is 0 Å². The van der Waals surface area contributed by atoms with Gasteiger partial charge in [0.2, 0.25) is 0 Å². The van der Waals surface area contributed by atoms with Crippen molar-refractivity contribution in [3.05, 3.63) is 35.9 Å². The van der Waals surface area contributed by atoms with E-state index in [1.165, 1.54) is 18.4 Å². The molecule has 0 saturated heterocycles. The first-order valence-corrected chi connectivity index (χ1v) is 5.30. The first-order chi connectivity index (χ1) is 6.25. The van der Waals surface area contributed by atoms with Crippen LogP contribution in [-0.2, 0) is 0 Å². The van der Waals surface area contributed by atoms with Crippen LogP contribution in [0.5, 0.6) is 0 Å². The van der Waals surface area contributed by atoms with Crippen molar-refractivity contribution < 1.29 is 0 Å². The van der Waals surface area contributed by atoms with Crippen molar-refractivity contribution in [2.24, 2.45) is 5.92 Å². The van der Waals surface area contributed by atoms with Crippen molar-refractivity contribution in [3.8, 4) is 0 Å². The van der Waals surface area contributed by atoms with Crippen LogP contribution in [0.15, 0.2) is 30.3 Å². The molecule has 1 unspecified atom stereocenters. The maximum atomic E-state index is 2.31. The fraction of sp³-hybridized carbons (Fsp3) is 0.538. The molecule has 72 valence electrons. The van der Waals surface area contributed by atoms with Gasteiger partial charge in [-0.1, -0.05) is 57.5 Å². The van der Waals surface area contributed by atoms with Crippen molar-refractivity contribution in [3.63, 3.8) is 0 Å². The van der Waals surface area contributed by atoms with Gasteiger partial charge in [-0.25, -0.2) is 0 Å². The van der Waals surface area contributed by atoms with E-state index in [0.717, 1.165) is 11.8 Å². The van der Waals surface area contributed by atoms with Crippen LogP contribution in [0.1, 0.15) is 45.1 Å². The third-order valence-electron chi connectivity index (χ3n) is 2.63. The molecule has 0 bridgehead atoms. The molecule has 0 fully saturated rings. The molecule has 0 aliphatic heterocycles. The van der Waals surface area contributed by atoms with Crippen LogP contribution in [0, 0.1) is 5.92 Å². The summed E-state index contributed by atoms with van der Waals surface area (Å²) >= 11 is 0. The first-order valence-electron chi connectivity index (χ1n) is 5.30. The zero-order valence-corrected chi connectivity index (χ0v) is 8.96. The highest BCUT2D eigenvalue weighted by molar-refractivity contribution is 5.19. The quantitative estimate of drug-likeness (QED) is 0.644. The van der Waals surface area contributed by atoms with Gasteiger partial charge >= 0.3 is 0 Å². The monoisotopic (exact) mass is 176 g/mol. The third-order valence-corrected chi connectivity index (χ3v) is 2.63. The van der Waals surface area contributed by atoms with Crippen molar-refractivity contribution in [1.82, 2.24) is 0 Å². The van der Waals surface area contributed by atoms with E-state index in [1.54, 1.807) is 0 Å². The Kier molecular flexibility index (Phi) is 4.01. The predicted molar refractivity (Wildman–Crippen MR) is 58.9 cm³/mol. The van der Waals surface area contributed by atoms with Crippen LogP contribution in [-0.4, -0.2) is 0 Å². The van der Waals surface area contributed by atoms with Gasteiger partial charge in [-0.05, 0) is 23.8 Å². The normalized spacial score (nSPS) is 13.2. The second-order valence-corrected chi connectivity index (χ2v) is 4.05. The van der Waals surface area contributed by atoms with Crippen molar-refractivity contribution >= 4 is 0 Å². The Bertz CT molecular complexity index is 223. The third kappa shape index (κ3) is 2.87. The van der Waals surface area contributed by atoms with Gasteiger partial charge in [-0.15, -0.1) is 0 Å². The van der Waals surface area contributed by atoms with E-state index in [1.807, 2.05) is 0 Å². The molecule has 0 aromatic heterocycles. The fourth-order valence-corrected chi connectivity index (χ4v) is 1.90. The standard InChI is InChI=1S/C13H20/c1-4-8-13(11(2)3)12-9-6-5-7-10-12/h5-7,9-11,13H,4,8H2,1-3H3. The lowest BCUT2D eigenvalue weighted by atomic mass is 9.85. The highest BCUT2D eigenvalue weighted by Gasteiger charge is 2.13. The number of benzene rings is 1. The Balaban J connectivity index is 2.76. The molecule has 0 heterocycles. The van der Waals surface area contributed by atoms with Crippen LogP contribution in [0.2, 0.25) is 0 Å². The van der Waals surface area contributed by atoms with Crippen LogP contribution in [0.25, 0.3) is 0 Å². The van der Waals surface area contributed by atoms with E-state index in [2.05, 4.69) is 51.1 Å². The topological polar surface area (TPSA) is 0 Å². The summed E-state index contributed by atoms with van der Waals surface area (Å²) in [6, 6.07) is 10.9. The molecule has 0 saturated carbocycles. The Morgan fingerprint density at radius 2 is 1.69 bits per heavy atom. The van der Waals surface area contributed by atoms with Gasteiger partial charge in [0.15, 0.2) is 0 Å². The lowest BCUT2D eigenvalue weighted by Crippen LogP contribution is -2.05. The average molecular weight is 176 g/mol. The van der Waals surface area contributed by atoms with E-state index in [-0.39, 0.29) is 0 Å². The average Bonchev–Trinajstić information content (AvgIpc) is 2.15. The molecule has 0 aliphatic carbocycles. The van der Waals surface area contributed by atoms with Crippen molar-refractivity contribution in [2.45, 2.75) is 39.5 Å². The fourth-order valence-electron chi connectivity index (χ4n) is 1.90. The van der Waals surface area contributed by atoms with Gasteiger partial charge in [-0.3, -0.25) is 0 Å². The first kappa shape index (κ1) is 10.3. The zero-order valence-electron chi connectivity index (χ0n) is 8.96. The molecule has 1 aromatic carbocycles. The minimum Gasteiger partial charge on any atom is -0.0654 e. The molecule has 1 rings (SSSR count). The largest absolute Gasteiger partial charge is 0.0654 e. The molecule has 0 amide bonds. The molecule has 1 atom stereocenters. The van der Waals surface area contributed by atoms with Crippen LogP contribution in [0.4, 0.5) is 0 Å². The Labute approximate surface area is 82.0 Å². The maximum absolute atomic E-state index is 2.31. The molecule has 0 aliphatic rings. The van der Waals surface area contributed by atoms with Gasteiger partial charge in [0.05, 0.1) is 0 Å². The van der Waals surface area contributed by atoms with E-state index in [9.17, 15) is 0 Å². The molecule has 1 aromatic rings. The molecule has 0 nitrogen and oxygen atoms in total. The van der Waals surface area contributed by atoms with Crippen molar-refractivity contribution in [2.75, 3.05) is 0 Å². The maximum Gasteiger partial charge on any atom is -0.0139 e. The van der Waals surface area contributed by atoms with Crippen LogP contribution >= 0.6 is 0 Å². The summed E-state index contributed by atoms with van der Waals surface area (Å²) in [7, 11) is 0. The summed E-state index contributed by atoms with van der Waals surface area (Å²) in [5.41, 5.74) is 1.50. The van der Waals surface area contributed by atoms with Crippen LogP contribution < -0.4 is 0 Å². The second-order valence-electron chi connectivity index (χ2n) is 4.05. The number of hydrogen-bond donors (Lipinski definition) is 0. The van der Waals surface area contributed by atoms with Crippen molar-refractivity contribution in [1.29, 1.82) is 0 Å². The van der Waals surface area contributed by atoms with E-state index in [4.69, 9.17) is 0 Å². The minimum atomic E-state index is 0.742. The van der Waals surface area contributed by atoms with E-state index < -0.39 is 0 Å². The summed E-state index contributed by atoms with van der Waals surface area (Å²) in [5.74, 6) is 1.49. The van der Waals surface area contributed by atoms with Gasteiger partial charge in [-0.2, -0.15) is 0 Å². The molecule has 13 heavy (non-hydrogen) atoms. The summed E-state index contributed by atoms with van der Waals surface area (Å²) in [4.78, 5) is 0. The molecular formula is C13H20. The Morgan fingerprint density at radius 1 is 1.08 bits per heavy atom. The summed E-state index contributed by atoms with van der Waals surface area (Å²) in [6.07, 6.45) is 2.58. The minimum absolute atomic E-state index is 0.742. The molecule has 0 N–H and O–H groups in total. The molecule has 0 radical (unpaired) electrons. The zero-order chi connectivity index (χ0) is 9.68. The highest BCUT2D eigenvalue weighted by atomic mass is 14.2. The molecular weight excluding hydrogens is 156 g/mol. The summed E-state index contributed by atoms with van der Waals surface area (Å²) in [5, 5.41) is 0. The van der Waals surface area contributed by atoms with Gasteiger partial charge < -0.3 is 0 Å². The summed E-state index contributed by atoms with van der Waals surface area (Å²) < 4.78 is 0.